The van der Waals surface area contributed by atoms with Gasteiger partial charge in [0.25, 0.3) is 0 Å². The Morgan fingerprint density at radius 3 is 2.38 bits per heavy atom. The fourth-order valence-corrected chi connectivity index (χ4v) is 2.14. The van der Waals surface area contributed by atoms with Crippen LogP contribution < -0.4 is 14.8 Å². The molecule has 1 rings (SSSR count). The zero-order chi connectivity index (χ0) is 17.9. The van der Waals surface area contributed by atoms with E-state index in [1.165, 1.54) is 6.92 Å². The molecule has 0 radical (unpaired) electrons. The number of hydrogen-bond acceptors (Lipinski definition) is 5. The molecule has 0 saturated carbocycles. The van der Waals surface area contributed by atoms with Gasteiger partial charge in [-0.1, -0.05) is 6.07 Å². The van der Waals surface area contributed by atoms with Gasteiger partial charge < -0.3 is 24.4 Å². The fraction of sp³-hybridized carbons (Fsp3) is 0.529. The lowest BCUT2D eigenvalue weighted by Crippen LogP contribution is -2.35. The number of carbonyl (C=O) groups is 2. The molecule has 0 aromatic heterocycles. The molecule has 0 unspecified atom stereocenters. The van der Waals surface area contributed by atoms with Gasteiger partial charge in [0.1, 0.15) is 0 Å². The normalized spacial score (nSPS) is 10.2. The summed E-state index contributed by atoms with van der Waals surface area (Å²) >= 11 is 0. The molecule has 1 aromatic carbocycles. The standard InChI is InChI=1S/C17H26N2O5/c1-13(20)19(9-10-22-2)8-7-17(21)18-12-14-5-6-15(23-3)16(11-14)24-4/h5-6,11H,7-10,12H2,1-4H3,(H,18,21). The van der Waals surface area contributed by atoms with Gasteiger partial charge in [-0.25, -0.2) is 0 Å². The third-order valence-corrected chi connectivity index (χ3v) is 3.56. The van der Waals surface area contributed by atoms with E-state index in [9.17, 15) is 9.59 Å². The quantitative estimate of drug-likeness (QED) is 0.694. The third kappa shape index (κ3) is 6.45. The lowest BCUT2D eigenvalue weighted by molar-refractivity contribution is -0.130. The van der Waals surface area contributed by atoms with Crippen molar-refractivity contribution >= 4 is 11.8 Å². The maximum absolute atomic E-state index is 12.0. The molecule has 0 spiro atoms. The maximum atomic E-state index is 12.0. The van der Waals surface area contributed by atoms with Crippen LogP contribution in [0.25, 0.3) is 0 Å². The fourth-order valence-electron chi connectivity index (χ4n) is 2.14. The summed E-state index contributed by atoms with van der Waals surface area (Å²) < 4.78 is 15.4. The minimum absolute atomic E-state index is 0.0697. The largest absolute Gasteiger partial charge is 0.493 e. The van der Waals surface area contributed by atoms with Crippen molar-refractivity contribution in [2.75, 3.05) is 41.0 Å². The van der Waals surface area contributed by atoms with Crippen molar-refractivity contribution in [1.29, 1.82) is 0 Å². The summed E-state index contributed by atoms with van der Waals surface area (Å²) in [6, 6.07) is 5.48. The van der Waals surface area contributed by atoms with Gasteiger partial charge >= 0.3 is 0 Å². The Bertz CT molecular complexity index is 548. The second kappa shape index (κ2) is 10.5. The summed E-state index contributed by atoms with van der Waals surface area (Å²) in [6.45, 7) is 3.17. The van der Waals surface area contributed by atoms with Crippen molar-refractivity contribution in [3.63, 3.8) is 0 Å². The van der Waals surface area contributed by atoms with Gasteiger partial charge in [0.05, 0.1) is 20.8 Å². The van der Waals surface area contributed by atoms with Gasteiger partial charge in [0.15, 0.2) is 11.5 Å². The monoisotopic (exact) mass is 338 g/mol. The van der Waals surface area contributed by atoms with E-state index < -0.39 is 0 Å². The highest BCUT2D eigenvalue weighted by Crippen LogP contribution is 2.27. The Morgan fingerprint density at radius 1 is 1.08 bits per heavy atom. The van der Waals surface area contributed by atoms with E-state index in [-0.39, 0.29) is 18.2 Å². The summed E-state index contributed by atoms with van der Waals surface area (Å²) in [5.74, 6) is 1.07. The number of nitrogens with zero attached hydrogens (tertiary/aromatic N) is 1. The first-order valence-electron chi connectivity index (χ1n) is 7.73. The van der Waals surface area contributed by atoms with Crippen LogP contribution in [-0.4, -0.2) is 57.7 Å². The number of benzene rings is 1. The van der Waals surface area contributed by atoms with Gasteiger partial charge in [0.2, 0.25) is 11.8 Å². The Balaban J connectivity index is 2.47. The molecule has 134 valence electrons. The lowest BCUT2D eigenvalue weighted by Gasteiger charge is -2.20. The lowest BCUT2D eigenvalue weighted by atomic mass is 10.2. The Hall–Kier alpha value is -2.28. The number of methoxy groups -OCH3 is 3. The molecule has 1 N–H and O–H groups in total. The van der Waals surface area contributed by atoms with Crippen LogP contribution in [0.1, 0.15) is 18.9 Å². The molecule has 7 nitrogen and oxygen atoms in total. The molecular formula is C17H26N2O5. The van der Waals surface area contributed by atoms with E-state index in [4.69, 9.17) is 14.2 Å². The first kappa shape index (κ1) is 19.8. The minimum Gasteiger partial charge on any atom is -0.493 e. The Labute approximate surface area is 142 Å². The molecule has 1 aromatic rings. The van der Waals surface area contributed by atoms with E-state index in [0.29, 0.717) is 37.7 Å². The zero-order valence-electron chi connectivity index (χ0n) is 14.8. The van der Waals surface area contributed by atoms with Crippen molar-refractivity contribution in [2.24, 2.45) is 0 Å². The van der Waals surface area contributed by atoms with Crippen LogP contribution in [0.5, 0.6) is 11.5 Å². The average Bonchev–Trinajstić information content (AvgIpc) is 2.59. The number of rotatable bonds is 10. The van der Waals surface area contributed by atoms with E-state index in [0.717, 1.165) is 5.56 Å². The average molecular weight is 338 g/mol. The van der Waals surface area contributed by atoms with Gasteiger partial charge in [-0.15, -0.1) is 0 Å². The predicted molar refractivity (Wildman–Crippen MR) is 90.1 cm³/mol. The van der Waals surface area contributed by atoms with E-state index in [1.807, 2.05) is 12.1 Å². The molecule has 0 atom stereocenters. The Kier molecular flexibility index (Phi) is 8.64. The number of carbonyl (C=O) groups excluding carboxylic acids is 2. The SMILES string of the molecule is COCCN(CCC(=O)NCc1ccc(OC)c(OC)c1)C(C)=O. The van der Waals surface area contributed by atoms with E-state index in [2.05, 4.69) is 5.32 Å². The number of ether oxygens (including phenoxy) is 3. The van der Waals surface area contributed by atoms with Gasteiger partial charge in [-0.2, -0.15) is 0 Å². The highest BCUT2D eigenvalue weighted by atomic mass is 16.5. The number of hydrogen-bond donors (Lipinski definition) is 1. The first-order valence-corrected chi connectivity index (χ1v) is 7.73. The maximum Gasteiger partial charge on any atom is 0.222 e. The summed E-state index contributed by atoms with van der Waals surface area (Å²) in [5, 5.41) is 2.83. The molecule has 0 aliphatic heterocycles. The zero-order valence-corrected chi connectivity index (χ0v) is 14.8. The van der Waals surface area contributed by atoms with Crippen LogP contribution in [0.4, 0.5) is 0 Å². The Morgan fingerprint density at radius 2 is 1.79 bits per heavy atom. The second-order valence-electron chi connectivity index (χ2n) is 5.21. The van der Waals surface area contributed by atoms with Crippen LogP contribution >= 0.6 is 0 Å². The van der Waals surface area contributed by atoms with Crippen molar-refractivity contribution in [3.8, 4) is 11.5 Å². The molecule has 0 aliphatic carbocycles. The molecule has 0 bridgehead atoms. The summed E-state index contributed by atoms with van der Waals surface area (Å²) in [6.07, 6.45) is 0.247. The van der Waals surface area contributed by atoms with Crippen LogP contribution in [0.3, 0.4) is 0 Å². The second-order valence-corrected chi connectivity index (χ2v) is 5.21. The summed E-state index contributed by atoms with van der Waals surface area (Å²) in [4.78, 5) is 25.0. The highest BCUT2D eigenvalue weighted by molar-refractivity contribution is 5.78. The molecule has 0 fully saturated rings. The van der Waals surface area contributed by atoms with Crippen molar-refractivity contribution < 1.29 is 23.8 Å². The summed E-state index contributed by atoms with van der Waals surface area (Å²) in [7, 11) is 4.72. The van der Waals surface area contributed by atoms with E-state index in [1.54, 1.807) is 32.3 Å². The molecule has 24 heavy (non-hydrogen) atoms. The highest BCUT2D eigenvalue weighted by Gasteiger charge is 2.11. The van der Waals surface area contributed by atoms with Crippen molar-refractivity contribution in [2.45, 2.75) is 19.9 Å². The summed E-state index contributed by atoms with van der Waals surface area (Å²) in [5.41, 5.74) is 0.906. The smallest absolute Gasteiger partial charge is 0.222 e. The van der Waals surface area contributed by atoms with Crippen LogP contribution in [0.2, 0.25) is 0 Å². The van der Waals surface area contributed by atoms with Gasteiger partial charge in [0, 0.05) is 40.1 Å². The first-order chi connectivity index (χ1) is 11.5. The third-order valence-electron chi connectivity index (χ3n) is 3.56. The van der Waals surface area contributed by atoms with Gasteiger partial charge in [-0.05, 0) is 17.7 Å². The molecule has 0 heterocycles. The van der Waals surface area contributed by atoms with E-state index >= 15 is 0 Å². The predicted octanol–water partition coefficient (Wildman–Crippen LogP) is 1.20. The van der Waals surface area contributed by atoms with Crippen molar-refractivity contribution in [1.82, 2.24) is 10.2 Å². The topological polar surface area (TPSA) is 77.1 Å². The molecule has 0 saturated heterocycles. The molecular weight excluding hydrogens is 312 g/mol. The van der Waals surface area contributed by atoms with Crippen LogP contribution in [0, 0.1) is 0 Å². The van der Waals surface area contributed by atoms with Crippen LogP contribution in [0.15, 0.2) is 18.2 Å². The minimum atomic E-state index is -0.117. The van der Waals surface area contributed by atoms with Crippen LogP contribution in [-0.2, 0) is 20.9 Å². The van der Waals surface area contributed by atoms with Crippen molar-refractivity contribution in [3.05, 3.63) is 23.8 Å². The number of nitrogens with one attached hydrogen (secondary N) is 1. The molecule has 2 amide bonds. The van der Waals surface area contributed by atoms with Gasteiger partial charge in [-0.3, -0.25) is 9.59 Å². The molecule has 0 aliphatic rings. The molecule has 7 heteroatoms. The number of amides is 2.